The normalized spacial score (nSPS) is 12.1. The predicted molar refractivity (Wildman–Crippen MR) is 92.8 cm³/mol. The molecule has 0 amide bonds. The van der Waals surface area contributed by atoms with Gasteiger partial charge in [0, 0.05) is 37.6 Å². The summed E-state index contributed by atoms with van der Waals surface area (Å²) < 4.78 is 43.3. The molecule has 0 unspecified atom stereocenters. The van der Waals surface area contributed by atoms with Gasteiger partial charge in [-0.05, 0) is 25.5 Å². The van der Waals surface area contributed by atoms with Gasteiger partial charge in [-0.25, -0.2) is 4.99 Å². The summed E-state index contributed by atoms with van der Waals surface area (Å²) in [7, 11) is 0. The minimum Gasteiger partial charge on any atom is -0.405 e. The number of benzene rings is 1. The maximum atomic E-state index is 12.5. The van der Waals surface area contributed by atoms with Crippen molar-refractivity contribution in [2.75, 3.05) is 13.1 Å². The molecule has 0 saturated carbocycles. The second-order valence-electron chi connectivity index (χ2n) is 5.40. The predicted octanol–water partition coefficient (Wildman–Crippen LogP) is 2.93. The van der Waals surface area contributed by atoms with E-state index in [4.69, 9.17) is 0 Å². The third-order valence-corrected chi connectivity index (χ3v) is 3.37. The van der Waals surface area contributed by atoms with Crippen LogP contribution < -0.4 is 15.4 Å². The zero-order chi connectivity index (χ0) is 18.8. The van der Waals surface area contributed by atoms with E-state index in [0.717, 1.165) is 13.0 Å². The fraction of sp³-hybridized carbons (Fsp3) is 0.412. The van der Waals surface area contributed by atoms with E-state index in [1.165, 1.54) is 12.1 Å². The zero-order valence-electron chi connectivity index (χ0n) is 14.5. The minimum absolute atomic E-state index is 0.0702. The van der Waals surface area contributed by atoms with Crippen molar-refractivity contribution in [3.63, 3.8) is 0 Å². The maximum Gasteiger partial charge on any atom is 0.573 e. The Hall–Kier alpha value is -2.71. The lowest BCUT2D eigenvalue weighted by Crippen LogP contribution is -2.38. The molecule has 1 aromatic carbocycles. The maximum absolute atomic E-state index is 12.5. The van der Waals surface area contributed by atoms with Gasteiger partial charge in [0.25, 0.3) is 0 Å². The van der Waals surface area contributed by atoms with Crippen LogP contribution in [0, 0.1) is 0 Å². The van der Waals surface area contributed by atoms with Gasteiger partial charge >= 0.3 is 6.36 Å². The molecule has 1 heterocycles. The molecule has 0 atom stereocenters. The van der Waals surface area contributed by atoms with Gasteiger partial charge in [0.05, 0.1) is 6.54 Å². The van der Waals surface area contributed by atoms with Crippen LogP contribution >= 0.6 is 0 Å². The highest BCUT2D eigenvalue weighted by Crippen LogP contribution is 2.26. The topological polar surface area (TPSA) is 63.5 Å². The highest BCUT2D eigenvalue weighted by Gasteiger charge is 2.31. The first kappa shape index (κ1) is 19.6. The molecule has 0 saturated heterocycles. The van der Waals surface area contributed by atoms with Crippen LogP contribution in [0.2, 0.25) is 0 Å². The van der Waals surface area contributed by atoms with E-state index in [9.17, 15) is 13.2 Å². The van der Waals surface area contributed by atoms with Gasteiger partial charge in [0.1, 0.15) is 5.75 Å². The van der Waals surface area contributed by atoms with Crippen LogP contribution in [0.4, 0.5) is 13.2 Å². The molecule has 0 bridgehead atoms. The van der Waals surface area contributed by atoms with Crippen molar-refractivity contribution < 1.29 is 17.9 Å². The third-order valence-electron chi connectivity index (χ3n) is 3.37. The summed E-state index contributed by atoms with van der Waals surface area (Å²) in [6.07, 6.45) is -0.286. The van der Waals surface area contributed by atoms with Gasteiger partial charge < -0.3 is 15.4 Å². The Labute approximate surface area is 150 Å². The lowest BCUT2D eigenvalue weighted by atomic mass is 10.2. The quantitative estimate of drug-likeness (QED) is 0.427. The number of hydrogen-bond donors (Lipinski definition) is 2. The second kappa shape index (κ2) is 9.69. The van der Waals surface area contributed by atoms with Crippen LogP contribution in [-0.4, -0.2) is 35.2 Å². The number of alkyl halides is 3. The lowest BCUT2D eigenvalue weighted by Gasteiger charge is -2.14. The molecule has 1 aromatic heterocycles. The van der Waals surface area contributed by atoms with Crippen molar-refractivity contribution in [3.05, 3.63) is 48.3 Å². The highest BCUT2D eigenvalue weighted by molar-refractivity contribution is 5.79. The molecule has 0 spiro atoms. The summed E-state index contributed by atoms with van der Waals surface area (Å²) >= 11 is 0. The smallest absolute Gasteiger partial charge is 0.405 e. The number of guanidine groups is 1. The van der Waals surface area contributed by atoms with Crippen molar-refractivity contribution in [2.45, 2.75) is 32.8 Å². The largest absolute Gasteiger partial charge is 0.573 e. The van der Waals surface area contributed by atoms with E-state index in [0.29, 0.717) is 24.6 Å². The van der Waals surface area contributed by atoms with E-state index in [1.54, 1.807) is 18.3 Å². The van der Waals surface area contributed by atoms with Crippen LogP contribution in [0.15, 0.2) is 47.7 Å². The molecule has 6 nitrogen and oxygen atoms in total. The van der Waals surface area contributed by atoms with E-state index in [-0.39, 0.29) is 12.3 Å². The average molecular weight is 369 g/mol. The average Bonchev–Trinajstić information content (AvgIpc) is 3.09. The van der Waals surface area contributed by atoms with E-state index in [2.05, 4.69) is 25.5 Å². The number of hydrogen-bond acceptors (Lipinski definition) is 3. The summed E-state index contributed by atoms with van der Waals surface area (Å²) in [6, 6.07) is 7.85. The minimum atomic E-state index is -4.73. The van der Waals surface area contributed by atoms with Crippen molar-refractivity contribution in [2.24, 2.45) is 4.99 Å². The van der Waals surface area contributed by atoms with E-state index < -0.39 is 6.36 Å². The molecular formula is C17H22F3N5O. The fourth-order valence-corrected chi connectivity index (χ4v) is 2.25. The number of rotatable bonds is 8. The Morgan fingerprint density at radius 2 is 2.04 bits per heavy atom. The van der Waals surface area contributed by atoms with E-state index in [1.807, 2.05) is 23.9 Å². The molecule has 9 heteroatoms. The van der Waals surface area contributed by atoms with Gasteiger partial charge in [-0.1, -0.05) is 18.2 Å². The number of nitrogens with zero attached hydrogens (tertiary/aromatic N) is 3. The monoisotopic (exact) mass is 369 g/mol. The third kappa shape index (κ3) is 7.04. The van der Waals surface area contributed by atoms with Crippen molar-refractivity contribution >= 4 is 5.96 Å². The van der Waals surface area contributed by atoms with Gasteiger partial charge in [-0.15, -0.1) is 13.2 Å². The summed E-state index contributed by atoms with van der Waals surface area (Å²) in [5.41, 5.74) is 0.360. The number of aryl methyl sites for hydroxylation is 1. The number of nitrogens with one attached hydrogen (secondary N) is 2. The first-order valence-corrected chi connectivity index (χ1v) is 8.31. The molecular weight excluding hydrogens is 347 g/mol. The Balaban J connectivity index is 1.91. The number of aliphatic imine (C=N–C) groups is 1. The van der Waals surface area contributed by atoms with Crippen molar-refractivity contribution in [3.8, 4) is 5.75 Å². The Morgan fingerprint density at radius 3 is 2.73 bits per heavy atom. The van der Waals surface area contributed by atoms with Crippen LogP contribution in [0.5, 0.6) is 5.75 Å². The number of aromatic nitrogens is 2. The molecule has 2 rings (SSSR count). The summed E-state index contributed by atoms with van der Waals surface area (Å²) in [5.74, 6) is 0.299. The molecule has 0 aliphatic rings. The van der Waals surface area contributed by atoms with Gasteiger partial charge in [0.2, 0.25) is 0 Å². The fourth-order valence-electron chi connectivity index (χ4n) is 2.25. The first-order valence-electron chi connectivity index (χ1n) is 8.31. The summed E-state index contributed by atoms with van der Waals surface area (Å²) in [6.45, 7) is 4.06. The van der Waals surface area contributed by atoms with Gasteiger partial charge in [-0.3, -0.25) is 4.68 Å². The summed E-state index contributed by atoms with van der Waals surface area (Å²) in [5, 5.41) is 10.3. The molecule has 0 aliphatic carbocycles. The standard InChI is InChI=1S/C17H22F3N5O/c1-2-21-16(22-9-5-11-25-12-6-10-24-25)23-13-14-7-3-4-8-15(14)26-17(18,19)20/h3-4,6-8,10,12H,2,5,9,11,13H2,1H3,(H2,21,22,23). The molecule has 26 heavy (non-hydrogen) atoms. The van der Waals surface area contributed by atoms with Crippen LogP contribution in [0.25, 0.3) is 0 Å². The molecule has 0 aliphatic heterocycles. The first-order chi connectivity index (χ1) is 12.5. The van der Waals surface area contributed by atoms with Crippen LogP contribution in [-0.2, 0) is 13.1 Å². The van der Waals surface area contributed by atoms with Crippen LogP contribution in [0.3, 0.4) is 0 Å². The highest BCUT2D eigenvalue weighted by atomic mass is 19.4. The number of para-hydroxylation sites is 1. The molecule has 2 aromatic rings. The zero-order valence-corrected chi connectivity index (χ0v) is 14.5. The number of ether oxygens (including phenoxy) is 1. The molecule has 142 valence electrons. The summed E-state index contributed by atoms with van der Waals surface area (Å²) in [4.78, 5) is 4.33. The van der Waals surface area contributed by atoms with Crippen LogP contribution in [0.1, 0.15) is 18.9 Å². The second-order valence-corrected chi connectivity index (χ2v) is 5.40. The lowest BCUT2D eigenvalue weighted by molar-refractivity contribution is -0.274. The molecule has 0 radical (unpaired) electrons. The Morgan fingerprint density at radius 1 is 1.23 bits per heavy atom. The SMILES string of the molecule is CCNC(=NCc1ccccc1OC(F)(F)F)NCCCn1cccn1. The molecule has 0 fully saturated rings. The Kier molecular flexibility index (Phi) is 7.31. The van der Waals surface area contributed by atoms with Crippen molar-refractivity contribution in [1.82, 2.24) is 20.4 Å². The number of halogens is 3. The van der Waals surface area contributed by atoms with Gasteiger partial charge in [0.15, 0.2) is 5.96 Å². The van der Waals surface area contributed by atoms with E-state index >= 15 is 0 Å². The molecule has 2 N–H and O–H groups in total. The Bertz CT molecular complexity index is 686. The van der Waals surface area contributed by atoms with Crippen molar-refractivity contribution in [1.29, 1.82) is 0 Å². The van der Waals surface area contributed by atoms with Gasteiger partial charge in [-0.2, -0.15) is 5.10 Å².